The molecule has 0 aromatic heterocycles. The van der Waals surface area contributed by atoms with Crippen molar-refractivity contribution in [1.82, 2.24) is 10.2 Å². The van der Waals surface area contributed by atoms with Crippen LogP contribution in [0.5, 0.6) is 0 Å². The van der Waals surface area contributed by atoms with Crippen molar-refractivity contribution in [3.8, 4) is 0 Å². The lowest BCUT2D eigenvalue weighted by Gasteiger charge is -2.34. The predicted molar refractivity (Wildman–Crippen MR) is 85.5 cm³/mol. The summed E-state index contributed by atoms with van der Waals surface area (Å²) in [6, 6.07) is 7.85. The van der Waals surface area contributed by atoms with Crippen molar-refractivity contribution in [1.29, 1.82) is 0 Å². The van der Waals surface area contributed by atoms with Crippen LogP contribution in [0.3, 0.4) is 0 Å². The number of carbonyl (C=O) groups is 2. The zero-order valence-corrected chi connectivity index (χ0v) is 13.0. The van der Waals surface area contributed by atoms with Crippen LogP contribution in [-0.4, -0.2) is 42.4 Å². The van der Waals surface area contributed by atoms with Crippen LogP contribution in [0.4, 0.5) is 5.69 Å². The van der Waals surface area contributed by atoms with Crippen molar-refractivity contribution < 1.29 is 9.59 Å². The average Bonchev–Trinajstić information content (AvgIpc) is 3.34. The predicted octanol–water partition coefficient (Wildman–Crippen LogP) is 1.40. The van der Waals surface area contributed by atoms with Crippen molar-refractivity contribution in [3.05, 3.63) is 29.8 Å². The van der Waals surface area contributed by atoms with Gasteiger partial charge in [-0.1, -0.05) is 12.1 Å². The van der Waals surface area contributed by atoms with Gasteiger partial charge in [0.05, 0.1) is 6.42 Å². The Hall–Kier alpha value is -1.88. The lowest BCUT2D eigenvalue weighted by Crippen LogP contribution is -2.52. The van der Waals surface area contributed by atoms with Crippen LogP contribution in [0, 0.1) is 5.92 Å². The van der Waals surface area contributed by atoms with Gasteiger partial charge in [-0.2, -0.15) is 0 Å². The molecule has 0 bridgehead atoms. The molecule has 22 heavy (non-hydrogen) atoms. The molecule has 5 heteroatoms. The molecule has 3 rings (SSSR count). The Kier molecular flexibility index (Phi) is 4.43. The Morgan fingerprint density at radius 1 is 1.27 bits per heavy atom. The summed E-state index contributed by atoms with van der Waals surface area (Å²) in [5.41, 5.74) is 1.80. The molecular formula is C17H23N3O2. The molecule has 2 N–H and O–H groups in total. The fraction of sp³-hybridized carbons (Fsp3) is 0.529. The number of piperazine rings is 1. The highest BCUT2D eigenvalue weighted by Gasteiger charge is 2.29. The molecule has 2 fully saturated rings. The van der Waals surface area contributed by atoms with Gasteiger partial charge in [-0.25, -0.2) is 0 Å². The van der Waals surface area contributed by atoms with E-state index in [-0.39, 0.29) is 23.8 Å². The van der Waals surface area contributed by atoms with E-state index >= 15 is 0 Å². The summed E-state index contributed by atoms with van der Waals surface area (Å²) >= 11 is 0. The number of nitrogens with zero attached hydrogens (tertiary/aromatic N) is 1. The Morgan fingerprint density at radius 3 is 2.64 bits per heavy atom. The number of anilines is 1. The van der Waals surface area contributed by atoms with Crippen molar-refractivity contribution in [2.24, 2.45) is 5.92 Å². The Labute approximate surface area is 131 Å². The molecule has 1 saturated carbocycles. The van der Waals surface area contributed by atoms with E-state index in [2.05, 4.69) is 17.6 Å². The maximum Gasteiger partial charge on any atom is 0.227 e. The molecule has 2 amide bonds. The summed E-state index contributed by atoms with van der Waals surface area (Å²) < 4.78 is 0. The molecule has 1 saturated heterocycles. The number of amides is 2. The lowest BCUT2D eigenvalue weighted by atomic mass is 10.1. The largest absolute Gasteiger partial charge is 0.337 e. The van der Waals surface area contributed by atoms with Crippen LogP contribution in [0.2, 0.25) is 0 Å². The third-order valence-electron chi connectivity index (χ3n) is 4.35. The summed E-state index contributed by atoms with van der Waals surface area (Å²) in [6.07, 6.45) is 2.42. The third kappa shape index (κ3) is 3.65. The van der Waals surface area contributed by atoms with Crippen molar-refractivity contribution >= 4 is 17.5 Å². The fourth-order valence-corrected chi connectivity index (χ4v) is 2.78. The monoisotopic (exact) mass is 301 g/mol. The normalized spacial score (nSPS) is 21.5. The van der Waals surface area contributed by atoms with Gasteiger partial charge in [0.15, 0.2) is 0 Å². The second-order valence-electron chi connectivity index (χ2n) is 6.28. The number of carbonyl (C=O) groups excluding carboxylic acids is 2. The summed E-state index contributed by atoms with van der Waals surface area (Å²) in [4.78, 5) is 26.0. The first-order chi connectivity index (χ1) is 10.6. The molecule has 0 radical (unpaired) electrons. The highest BCUT2D eigenvalue weighted by Crippen LogP contribution is 2.30. The molecule has 118 valence electrons. The van der Waals surface area contributed by atoms with E-state index in [1.54, 1.807) is 0 Å². The second kappa shape index (κ2) is 6.48. The van der Waals surface area contributed by atoms with Gasteiger partial charge in [0.25, 0.3) is 0 Å². The maximum atomic E-state index is 12.4. The Morgan fingerprint density at radius 2 is 2.00 bits per heavy atom. The van der Waals surface area contributed by atoms with Gasteiger partial charge in [-0.3, -0.25) is 9.59 Å². The van der Waals surface area contributed by atoms with Crippen molar-refractivity contribution in [2.75, 3.05) is 25.0 Å². The van der Waals surface area contributed by atoms with Gasteiger partial charge in [0.1, 0.15) is 0 Å². The summed E-state index contributed by atoms with van der Waals surface area (Å²) in [6.45, 7) is 4.57. The zero-order chi connectivity index (χ0) is 15.5. The molecule has 1 aliphatic heterocycles. The maximum absolute atomic E-state index is 12.4. The van der Waals surface area contributed by atoms with Gasteiger partial charge >= 0.3 is 0 Å². The number of benzene rings is 1. The van der Waals surface area contributed by atoms with Crippen molar-refractivity contribution in [2.45, 2.75) is 32.2 Å². The van der Waals surface area contributed by atoms with E-state index in [0.29, 0.717) is 6.42 Å². The molecule has 0 unspecified atom stereocenters. The van der Waals surface area contributed by atoms with E-state index in [9.17, 15) is 9.59 Å². The zero-order valence-electron chi connectivity index (χ0n) is 13.0. The van der Waals surface area contributed by atoms with Crippen LogP contribution in [0.15, 0.2) is 24.3 Å². The van der Waals surface area contributed by atoms with Crippen LogP contribution >= 0.6 is 0 Å². The summed E-state index contributed by atoms with van der Waals surface area (Å²) in [7, 11) is 0. The lowest BCUT2D eigenvalue weighted by molar-refractivity contribution is -0.133. The first-order valence-electron chi connectivity index (χ1n) is 8.03. The molecule has 1 aliphatic carbocycles. The first kappa shape index (κ1) is 15.0. The van der Waals surface area contributed by atoms with Crippen LogP contribution in [0.25, 0.3) is 0 Å². The number of hydrogen-bond donors (Lipinski definition) is 2. The first-order valence-corrected chi connectivity index (χ1v) is 8.03. The molecule has 1 heterocycles. The molecule has 5 nitrogen and oxygen atoms in total. The number of hydrogen-bond acceptors (Lipinski definition) is 3. The van der Waals surface area contributed by atoms with Gasteiger partial charge in [-0.05, 0) is 37.5 Å². The van der Waals surface area contributed by atoms with E-state index in [1.165, 1.54) is 0 Å². The van der Waals surface area contributed by atoms with E-state index in [1.807, 2.05) is 29.2 Å². The smallest absolute Gasteiger partial charge is 0.227 e. The SMILES string of the molecule is C[C@H]1CNCCN1C(=O)Cc1ccc(NC(=O)C2CC2)cc1. The fourth-order valence-electron chi connectivity index (χ4n) is 2.78. The minimum Gasteiger partial charge on any atom is -0.337 e. The highest BCUT2D eigenvalue weighted by molar-refractivity contribution is 5.94. The van der Waals surface area contributed by atoms with Crippen LogP contribution in [0.1, 0.15) is 25.3 Å². The molecule has 0 spiro atoms. The molecular weight excluding hydrogens is 278 g/mol. The summed E-state index contributed by atoms with van der Waals surface area (Å²) in [5.74, 6) is 0.484. The van der Waals surface area contributed by atoms with E-state index in [0.717, 1.165) is 43.7 Å². The van der Waals surface area contributed by atoms with Crippen LogP contribution in [-0.2, 0) is 16.0 Å². The number of rotatable bonds is 4. The quantitative estimate of drug-likeness (QED) is 0.883. The van der Waals surface area contributed by atoms with Gasteiger partial charge in [0, 0.05) is 37.3 Å². The Balaban J connectivity index is 1.55. The number of nitrogens with one attached hydrogen (secondary N) is 2. The highest BCUT2D eigenvalue weighted by atomic mass is 16.2. The molecule has 1 aromatic rings. The standard InChI is InChI=1S/C17H23N3O2/c1-12-11-18-8-9-20(12)16(21)10-13-2-6-15(7-3-13)19-17(22)14-4-5-14/h2-3,6-7,12,14,18H,4-5,8-11H2,1H3,(H,19,22)/t12-/m0/s1. The molecule has 1 atom stereocenters. The van der Waals surface area contributed by atoms with Gasteiger partial charge in [0.2, 0.25) is 11.8 Å². The molecule has 2 aliphatic rings. The second-order valence-corrected chi connectivity index (χ2v) is 6.28. The van der Waals surface area contributed by atoms with E-state index in [4.69, 9.17) is 0 Å². The summed E-state index contributed by atoms with van der Waals surface area (Å²) in [5, 5.41) is 6.20. The minimum atomic E-state index is 0.110. The van der Waals surface area contributed by atoms with Gasteiger partial charge < -0.3 is 15.5 Å². The Bertz CT molecular complexity index is 552. The van der Waals surface area contributed by atoms with Crippen molar-refractivity contribution in [3.63, 3.8) is 0 Å². The van der Waals surface area contributed by atoms with Gasteiger partial charge in [-0.15, -0.1) is 0 Å². The molecule has 1 aromatic carbocycles. The van der Waals surface area contributed by atoms with Crippen LogP contribution < -0.4 is 10.6 Å². The third-order valence-corrected chi connectivity index (χ3v) is 4.35. The topological polar surface area (TPSA) is 61.4 Å². The van der Waals surface area contributed by atoms with E-state index < -0.39 is 0 Å². The average molecular weight is 301 g/mol. The minimum absolute atomic E-state index is 0.110.